The van der Waals surface area contributed by atoms with Crippen molar-refractivity contribution in [1.29, 1.82) is 0 Å². The highest BCUT2D eigenvalue weighted by Crippen LogP contribution is 2.38. The minimum absolute atomic E-state index is 0. The molecule has 38 heavy (non-hydrogen) atoms. The van der Waals surface area contributed by atoms with Gasteiger partial charge >= 0.3 is 0 Å². The minimum atomic E-state index is -0.597. The molecular weight excluding hydrogens is 484 g/mol. The highest BCUT2D eigenvalue weighted by Gasteiger charge is 2.52. The standard InChI is InChI=1S/C17H15NO3.C12H13NO3.CH4/c1-21-15-14(12-8-4-2-5-9-12)18(17(15)20)16(19)13-10-6-3-7-11-13;1-8(14)13-10(11(16-2)12(13)15)9-6-4-3-5-7-9;/h2-11,14-15H,1H3;3-7,10-11H,1-2H3;1H4. The average Bonchev–Trinajstić information content (AvgIpc) is 2.92. The largest absolute Gasteiger partial charge is 0.369 e. The van der Waals surface area contributed by atoms with Crippen LogP contribution in [0.25, 0.3) is 0 Å². The fourth-order valence-corrected chi connectivity index (χ4v) is 4.63. The highest BCUT2D eigenvalue weighted by molar-refractivity contribution is 6.10. The number of hydrogen-bond acceptors (Lipinski definition) is 6. The summed E-state index contributed by atoms with van der Waals surface area (Å²) < 4.78 is 10.3. The molecule has 2 saturated heterocycles. The minimum Gasteiger partial charge on any atom is -0.369 e. The summed E-state index contributed by atoms with van der Waals surface area (Å²) in [4.78, 5) is 50.1. The molecule has 2 heterocycles. The van der Waals surface area contributed by atoms with Crippen molar-refractivity contribution in [3.63, 3.8) is 0 Å². The predicted octanol–water partition coefficient (Wildman–Crippen LogP) is 4.19. The Labute approximate surface area is 222 Å². The van der Waals surface area contributed by atoms with Crippen molar-refractivity contribution in [3.8, 4) is 0 Å². The molecule has 4 atom stereocenters. The number of β-lactam (4-membered cyclic amide) rings is 2. The van der Waals surface area contributed by atoms with Crippen LogP contribution in [0.2, 0.25) is 0 Å². The number of likely N-dealkylation sites (tertiary alicyclic amines) is 2. The molecule has 0 N–H and O–H groups in total. The van der Waals surface area contributed by atoms with Crippen LogP contribution < -0.4 is 0 Å². The maximum atomic E-state index is 12.5. The molecule has 2 aliphatic heterocycles. The maximum absolute atomic E-state index is 12.5. The molecule has 198 valence electrons. The highest BCUT2D eigenvalue weighted by atomic mass is 16.5. The fraction of sp³-hybridized carbons (Fsp3) is 0.267. The normalized spacial score (nSPS) is 21.8. The quantitative estimate of drug-likeness (QED) is 0.373. The third kappa shape index (κ3) is 5.27. The van der Waals surface area contributed by atoms with Gasteiger partial charge in [0, 0.05) is 26.7 Å². The van der Waals surface area contributed by atoms with Crippen LogP contribution in [-0.2, 0) is 23.9 Å². The van der Waals surface area contributed by atoms with Crippen LogP contribution in [0.4, 0.5) is 0 Å². The van der Waals surface area contributed by atoms with Gasteiger partial charge in [-0.15, -0.1) is 0 Å². The van der Waals surface area contributed by atoms with Crippen molar-refractivity contribution in [2.45, 2.75) is 38.6 Å². The molecule has 4 amide bonds. The van der Waals surface area contributed by atoms with E-state index in [2.05, 4.69) is 0 Å². The molecule has 4 unspecified atom stereocenters. The van der Waals surface area contributed by atoms with Crippen molar-refractivity contribution < 1.29 is 28.7 Å². The molecule has 3 aromatic carbocycles. The Morgan fingerprint density at radius 1 is 0.632 bits per heavy atom. The number of benzene rings is 3. The van der Waals surface area contributed by atoms with E-state index in [0.717, 1.165) is 11.1 Å². The van der Waals surface area contributed by atoms with Gasteiger partial charge in [-0.3, -0.25) is 29.0 Å². The smallest absolute Gasteiger partial charge is 0.261 e. The number of carbonyl (C=O) groups excluding carboxylic acids is 4. The molecule has 8 heteroatoms. The van der Waals surface area contributed by atoms with Gasteiger partial charge in [-0.2, -0.15) is 0 Å². The van der Waals surface area contributed by atoms with Crippen molar-refractivity contribution in [1.82, 2.24) is 9.80 Å². The molecule has 8 nitrogen and oxygen atoms in total. The summed E-state index contributed by atoms with van der Waals surface area (Å²) in [6.07, 6.45) is -1.13. The van der Waals surface area contributed by atoms with Gasteiger partial charge in [0.15, 0.2) is 12.2 Å². The Morgan fingerprint density at radius 2 is 1.00 bits per heavy atom. The van der Waals surface area contributed by atoms with Gasteiger partial charge in [0.1, 0.15) is 6.04 Å². The Bertz CT molecular complexity index is 1270. The molecular formula is C30H32N2O6. The molecule has 0 bridgehead atoms. The second kappa shape index (κ2) is 12.4. The molecule has 2 fully saturated rings. The zero-order valence-corrected chi connectivity index (χ0v) is 20.8. The zero-order chi connectivity index (χ0) is 26.5. The van der Waals surface area contributed by atoms with Crippen molar-refractivity contribution in [2.24, 2.45) is 0 Å². The molecule has 0 aromatic heterocycles. The van der Waals surface area contributed by atoms with E-state index in [0.29, 0.717) is 5.56 Å². The third-order valence-electron chi connectivity index (χ3n) is 6.46. The van der Waals surface area contributed by atoms with E-state index in [4.69, 9.17) is 9.47 Å². The molecule has 0 spiro atoms. The lowest BCUT2D eigenvalue weighted by Crippen LogP contribution is -2.61. The van der Waals surface area contributed by atoms with Crippen LogP contribution in [0.1, 0.15) is 47.9 Å². The van der Waals surface area contributed by atoms with Gasteiger partial charge in [0.25, 0.3) is 17.7 Å². The van der Waals surface area contributed by atoms with E-state index in [1.54, 1.807) is 24.3 Å². The summed E-state index contributed by atoms with van der Waals surface area (Å²) in [6, 6.07) is 27.0. The van der Waals surface area contributed by atoms with Crippen LogP contribution in [0.15, 0.2) is 91.0 Å². The topological polar surface area (TPSA) is 93.2 Å². The number of carbonyl (C=O) groups is 4. The van der Waals surface area contributed by atoms with Crippen LogP contribution in [0, 0.1) is 0 Å². The summed E-state index contributed by atoms with van der Waals surface area (Å²) in [5, 5.41) is 0. The van der Waals surface area contributed by atoms with Gasteiger partial charge in [0.05, 0.1) is 6.04 Å². The van der Waals surface area contributed by atoms with E-state index >= 15 is 0 Å². The van der Waals surface area contributed by atoms with E-state index in [-0.39, 0.29) is 43.1 Å². The zero-order valence-electron chi connectivity index (χ0n) is 20.8. The summed E-state index contributed by atoms with van der Waals surface area (Å²) in [7, 11) is 2.97. The molecule has 0 aliphatic carbocycles. The Kier molecular flexibility index (Phi) is 9.28. The summed E-state index contributed by atoms with van der Waals surface area (Å²) in [5.41, 5.74) is 2.32. The van der Waals surface area contributed by atoms with Gasteiger partial charge in [-0.1, -0.05) is 86.3 Å². The van der Waals surface area contributed by atoms with E-state index in [1.165, 1.54) is 30.9 Å². The third-order valence-corrected chi connectivity index (χ3v) is 6.46. The number of ether oxygens (including phenoxy) is 2. The van der Waals surface area contributed by atoms with E-state index < -0.39 is 12.2 Å². The van der Waals surface area contributed by atoms with Crippen molar-refractivity contribution >= 4 is 23.6 Å². The number of rotatable bonds is 5. The number of amides is 4. The Hall–Kier alpha value is -4.14. The number of nitrogens with zero attached hydrogens (tertiary/aromatic N) is 2. The number of imide groups is 2. The lowest BCUT2D eigenvalue weighted by atomic mass is 9.89. The lowest BCUT2D eigenvalue weighted by Gasteiger charge is -2.44. The second-order valence-corrected chi connectivity index (χ2v) is 8.63. The number of methoxy groups -OCH3 is 2. The van der Waals surface area contributed by atoms with Crippen LogP contribution >= 0.6 is 0 Å². The molecule has 2 aliphatic rings. The fourth-order valence-electron chi connectivity index (χ4n) is 4.63. The first-order valence-electron chi connectivity index (χ1n) is 11.8. The SMILES string of the molecule is C.COC1C(=O)N(C(=O)c2ccccc2)C1c1ccccc1.COC1C(=O)N(C(C)=O)C1c1ccccc1. The lowest BCUT2D eigenvalue weighted by molar-refractivity contribution is -0.177. The van der Waals surface area contributed by atoms with E-state index in [1.807, 2.05) is 66.7 Å². The molecule has 0 saturated carbocycles. The average molecular weight is 517 g/mol. The first-order chi connectivity index (χ1) is 17.9. The summed E-state index contributed by atoms with van der Waals surface area (Å²) >= 11 is 0. The molecule has 0 radical (unpaired) electrons. The summed E-state index contributed by atoms with van der Waals surface area (Å²) in [5.74, 6) is -1.08. The monoisotopic (exact) mass is 516 g/mol. The van der Waals surface area contributed by atoms with Crippen LogP contribution in [0.5, 0.6) is 0 Å². The van der Waals surface area contributed by atoms with Crippen molar-refractivity contribution in [2.75, 3.05) is 14.2 Å². The second-order valence-electron chi connectivity index (χ2n) is 8.63. The van der Waals surface area contributed by atoms with Gasteiger partial charge in [-0.25, -0.2) is 0 Å². The maximum Gasteiger partial charge on any atom is 0.261 e. The Balaban J connectivity index is 0.000000213. The van der Waals surface area contributed by atoms with Crippen molar-refractivity contribution in [3.05, 3.63) is 108 Å². The van der Waals surface area contributed by atoms with Gasteiger partial charge in [-0.05, 0) is 23.3 Å². The molecule has 3 aromatic rings. The number of hydrogen-bond donors (Lipinski definition) is 0. The first-order valence-corrected chi connectivity index (χ1v) is 11.8. The van der Waals surface area contributed by atoms with Gasteiger partial charge in [0.2, 0.25) is 5.91 Å². The van der Waals surface area contributed by atoms with Crippen LogP contribution in [-0.4, -0.2) is 59.9 Å². The predicted molar refractivity (Wildman–Crippen MR) is 142 cm³/mol. The molecule has 5 rings (SSSR count). The summed E-state index contributed by atoms with van der Waals surface area (Å²) in [6.45, 7) is 1.39. The van der Waals surface area contributed by atoms with Crippen LogP contribution in [0.3, 0.4) is 0 Å². The Morgan fingerprint density at radius 3 is 1.39 bits per heavy atom. The van der Waals surface area contributed by atoms with Gasteiger partial charge < -0.3 is 9.47 Å². The first kappa shape index (κ1) is 28.4. The van der Waals surface area contributed by atoms with E-state index in [9.17, 15) is 19.2 Å².